The second kappa shape index (κ2) is 11.3. The number of ether oxygens (including phenoxy) is 4. The zero-order valence-corrected chi connectivity index (χ0v) is 27.1. The lowest BCUT2D eigenvalue weighted by Gasteiger charge is -2.59. The van der Waals surface area contributed by atoms with Crippen LogP contribution < -0.4 is 0 Å². The minimum atomic E-state index is -1.57. The molecule has 0 aromatic heterocycles. The third kappa shape index (κ3) is 4.44. The molecule has 4 aliphatic carbocycles. The fourth-order valence-electron chi connectivity index (χ4n) is 11.4. The van der Waals surface area contributed by atoms with E-state index in [1.54, 1.807) is 0 Å². The van der Waals surface area contributed by atoms with Crippen molar-refractivity contribution in [3.63, 3.8) is 0 Å². The molecule has 0 aromatic rings. The van der Waals surface area contributed by atoms with Crippen molar-refractivity contribution in [2.24, 2.45) is 40.4 Å². The average molecular weight is 651 g/mol. The number of cyclic esters (lactones) is 1. The van der Waals surface area contributed by atoms with Crippen molar-refractivity contribution < 1.29 is 59.2 Å². The summed E-state index contributed by atoms with van der Waals surface area (Å²) in [6.45, 7) is 7.60. The van der Waals surface area contributed by atoms with E-state index in [9.17, 15) is 40.2 Å². The molecule has 1 spiro atoms. The molecule has 3 aliphatic heterocycles. The van der Waals surface area contributed by atoms with Gasteiger partial charge in [0.05, 0.1) is 36.4 Å². The lowest BCUT2D eigenvalue weighted by molar-refractivity contribution is -0.299. The molecule has 0 bridgehead atoms. The van der Waals surface area contributed by atoms with Crippen LogP contribution in [0.25, 0.3) is 0 Å². The molecule has 4 saturated carbocycles. The Morgan fingerprint density at radius 2 is 1.72 bits per heavy atom. The Morgan fingerprint density at radius 1 is 0.978 bits per heavy atom. The molecule has 0 amide bonds. The van der Waals surface area contributed by atoms with Gasteiger partial charge in [0, 0.05) is 12.8 Å². The van der Waals surface area contributed by atoms with E-state index >= 15 is 0 Å². The first-order valence-corrected chi connectivity index (χ1v) is 17.1. The first-order valence-electron chi connectivity index (χ1n) is 17.1. The summed E-state index contributed by atoms with van der Waals surface area (Å²) in [5.41, 5.74) is -0.631. The number of Topliss-reactive ketones (excluding diaryl/α,β-unsaturated/α-hetero) is 1. The van der Waals surface area contributed by atoms with Gasteiger partial charge in [0.15, 0.2) is 6.29 Å². The third-order valence-electron chi connectivity index (χ3n) is 14.1. The van der Waals surface area contributed by atoms with Gasteiger partial charge >= 0.3 is 5.97 Å². The monoisotopic (exact) mass is 650 g/mol. The van der Waals surface area contributed by atoms with E-state index in [1.165, 1.54) is 0 Å². The molecule has 7 rings (SSSR count). The molecule has 2 saturated heterocycles. The number of rotatable bonds is 6. The highest BCUT2D eigenvalue weighted by Gasteiger charge is 2.82. The van der Waals surface area contributed by atoms with E-state index in [-0.39, 0.29) is 54.2 Å². The Bertz CT molecular complexity index is 1280. The smallest absolute Gasteiger partial charge is 0.336 e. The largest absolute Gasteiger partial charge is 0.458 e. The van der Waals surface area contributed by atoms with Gasteiger partial charge in [-0.3, -0.25) is 4.79 Å². The Labute approximate surface area is 269 Å². The summed E-state index contributed by atoms with van der Waals surface area (Å²) in [6, 6.07) is 0. The van der Waals surface area contributed by atoms with Gasteiger partial charge in [0.2, 0.25) is 0 Å². The van der Waals surface area contributed by atoms with Gasteiger partial charge in [-0.05, 0) is 81.0 Å². The molecule has 3 heterocycles. The van der Waals surface area contributed by atoms with Crippen molar-refractivity contribution in [2.45, 2.75) is 133 Å². The highest BCUT2D eigenvalue weighted by Crippen LogP contribution is 2.73. The highest BCUT2D eigenvalue weighted by molar-refractivity contribution is 5.90. The van der Waals surface area contributed by atoms with E-state index in [0.29, 0.717) is 23.8 Å². The fourth-order valence-corrected chi connectivity index (χ4v) is 11.4. The predicted molar refractivity (Wildman–Crippen MR) is 159 cm³/mol. The van der Waals surface area contributed by atoms with E-state index in [2.05, 4.69) is 13.8 Å². The van der Waals surface area contributed by atoms with Crippen molar-refractivity contribution in [3.05, 3.63) is 11.1 Å². The Hall–Kier alpha value is -1.48. The predicted octanol–water partition coefficient (Wildman–Crippen LogP) is 0.372. The van der Waals surface area contributed by atoms with Gasteiger partial charge in [0.25, 0.3) is 0 Å². The van der Waals surface area contributed by atoms with Crippen LogP contribution in [0.5, 0.6) is 0 Å². The zero-order valence-electron chi connectivity index (χ0n) is 27.1. The van der Waals surface area contributed by atoms with Gasteiger partial charge in [-0.25, -0.2) is 4.79 Å². The molecule has 0 unspecified atom stereocenters. The van der Waals surface area contributed by atoms with Crippen molar-refractivity contribution in [1.29, 1.82) is 0 Å². The SMILES string of the molecule is CC1=C(CO[C@@H]2O[C@H](CO)[C@@H](O)[C@H](O)[C@H]2O)C(=O)O[C@@H]([C@@H](C)[C@H]2CC[C@H]3[C@@H]4C[C@H]5O[C@]56[C@@H](O)[C@@H](O)CC(=O)[C@]6(C)[C@H]4CC[C@]23C)C1. The number of hydrogen-bond acceptors (Lipinski definition) is 12. The molecule has 46 heavy (non-hydrogen) atoms. The summed E-state index contributed by atoms with van der Waals surface area (Å²) in [5.74, 6) is 0.677. The highest BCUT2D eigenvalue weighted by atomic mass is 16.7. The second-order valence-electron chi connectivity index (χ2n) is 15.9. The van der Waals surface area contributed by atoms with Gasteiger partial charge in [-0.2, -0.15) is 0 Å². The number of aliphatic hydroxyl groups is 6. The van der Waals surface area contributed by atoms with Crippen molar-refractivity contribution in [2.75, 3.05) is 13.2 Å². The summed E-state index contributed by atoms with van der Waals surface area (Å²) in [6.07, 6.45) is -4.63. The molecule has 6 N–H and O–H groups in total. The molecule has 7 aliphatic rings. The topological polar surface area (TPSA) is 196 Å². The first kappa shape index (κ1) is 33.0. The first-order chi connectivity index (χ1) is 21.7. The van der Waals surface area contributed by atoms with Gasteiger partial charge < -0.3 is 49.6 Å². The number of carbonyl (C=O) groups is 2. The van der Waals surface area contributed by atoms with Gasteiger partial charge in [-0.1, -0.05) is 19.4 Å². The van der Waals surface area contributed by atoms with E-state index in [4.69, 9.17) is 18.9 Å². The maximum absolute atomic E-state index is 13.6. The number of carbonyl (C=O) groups excluding carboxylic acids is 2. The Kier molecular flexibility index (Phi) is 8.10. The van der Waals surface area contributed by atoms with Crippen LogP contribution in [-0.2, 0) is 28.5 Å². The summed E-state index contributed by atoms with van der Waals surface area (Å²) in [7, 11) is 0. The van der Waals surface area contributed by atoms with Crippen LogP contribution in [0, 0.1) is 40.4 Å². The Morgan fingerprint density at radius 3 is 2.41 bits per heavy atom. The number of aliphatic hydroxyl groups excluding tert-OH is 6. The van der Waals surface area contributed by atoms with Gasteiger partial charge in [-0.15, -0.1) is 0 Å². The minimum absolute atomic E-state index is 0.00179. The van der Waals surface area contributed by atoms with E-state index in [1.807, 2.05) is 13.8 Å². The molecule has 258 valence electrons. The number of hydrogen-bond donors (Lipinski definition) is 6. The summed E-state index contributed by atoms with van der Waals surface area (Å²) in [4.78, 5) is 26.9. The molecule has 6 fully saturated rings. The molecular weight excluding hydrogens is 600 g/mol. The van der Waals surface area contributed by atoms with Crippen LogP contribution in [-0.4, -0.2) is 116 Å². The van der Waals surface area contributed by atoms with Crippen LogP contribution in [0.15, 0.2) is 11.1 Å². The van der Waals surface area contributed by atoms with Crippen LogP contribution in [0.4, 0.5) is 0 Å². The number of fused-ring (bicyclic) bond motifs is 4. The van der Waals surface area contributed by atoms with Crippen LogP contribution in [0.1, 0.15) is 72.6 Å². The summed E-state index contributed by atoms with van der Waals surface area (Å²) >= 11 is 0. The summed E-state index contributed by atoms with van der Waals surface area (Å²) < 4.78 is 23.3. The number of epoxide rings is 1. The fraction of sp³-hybridized carbons (Fsp3) is 0.882. The normalized spacial score (nSPS) is 53.9. The Balaban J connectivity index is 1.03. The van der Waals surface area contributed by atoms with Crippen molar-refractivity contribution >= 4 is 11.8 Å². The maximum Gasteiger partial charge on any atom is 0.336 e. The van der Waals surface area contributed by atoms with Crippen molar-refractivity contribution in [1.82, 2.24) is 0 Å². The van der Waals surface area contributed by atoms with Crippen LogP contribution in [0.3, 0.4) is 0 Å². The molecule has 0 aromatic carbocycles. The second-order valence-corrected chi connectivity index (χ2v) is 15.9. The van der Waals surface area contributed by atoms with Crippen molar-refractivity contribution in [3.8, 4) is 0 Å². The molecule has 12 heteroatoms. The minimum Gasteiger partial charge on any atom is -0.458 e. The summed E-state index contributed by atoms with van der Waals surface area (Å²) in [5, 5.41) is 61.3. The average Bonchev–Trinajstić information content (AvgIpc) is 3.65. The molecule has 17 atom stereocenters. The van der Waals surface area contributed by atoms with Crippen LogP contribution >= 0.6 is 0 Å². The van der Waals surface area contributed by atoms with E-state index in [0.717, 1.165) is 37.7 Å². The molecule has 0 radical (unpaired) electrons. The standard InChI is InChI=1S/C34H50O12/c1-14-9-22(44-30(42)17(14)13-43-31-28(40)27(39)26(38)23(12-35)45-31)15(2)18-5-6-19-16-10-25-34(46-25)29(41)21(36)11-24(37)33(34,4)20(16)7-8-32(18,19)3/h15-16,18-23,25-29,31,35-36,38-41H,5-13H2,1-4H3/t15-,16-,18+,19-,20-,21-,22+,23+,25+,26+,27-,28+,29-,31+,32+,33-,34-/m0/s1. The van der Waals surface area contributed by atoms with E-state index < -0.39 is 66.5 Å². The van der Waals surface area contributed by atoms with Crippen LogP contribution in [0.2, 0.25) is 0 Å². The molecule has 12 nitrogen and oxygen atoms in total. The lowest BCUT2D eigenvalue weighted by Crippen LogP contribution is -2.68. The zero-order chi connectivity index (χ0) is 33.1. The third-order valence-corrected chi connectivity index (χ3v) is 14.1. The van der Waals surface area contributed by atoms with Gasteiger partial charge in [0.1, 0.15) is 48.0 Å². The molecular formula is C34H50O12. The quantitative estimate of drug-likeness (QED) is 0.171. The number of esters is 1. The maximum atomic E-state index is 13.6. The lowest BCUT2D eigenvalue weighted by atomic mass is 9.43. The number of ketones is 1.